The van der Waals surface area contributed by atoms with Crippen LogP contribution in [0.15, 0.2) is 36.7 Å². The number of halogens is 1. The quantitative estimate of drug-likeness (QED) is 0.850. The Labute approximate surface area is 136 Å². The molecule has 1 atom stereocenters. The average molecular weight is 315 g/mol. The van der Waals surface area contributed by atoms with E-state index in [1.54, 1.807) is 12.1 Å². The van der Waals surface area contributed by atoms with Crippen LogP contribution in [0.25, 0.3) is 0 Å². The van der Waals surface area contributed by atoms with Crippen molar-refractivity contribution in [3.8, 4) is 0 Å². The van der Waals surface area contributed by atoms with Crippen molar-refractivity contribution in [1.29, 1.82) is 0 Å². The van der Waals surface area contributed by atoms with Crippen LogP contribution < -0.4 is 0 Å². The van der Waals surface area contributed by atoms with Crippen LogP contribution in [0.1, 0.15) is 23.9 Å². The molecule has 0 aliphatic carbocycles. The minimum atomic E-state index is -0.191. The number of morpholine rings is 1. The summed E-state index contributed by atoms with van der Waals surface area (Å²) in [6.07, 6.45) is 5.50. The highest BCUT2D eigenvalue weighted by atomic mass is 19.1. The smallest absolute Gasteiger partial charge is 0.127 e. The van der Waals surface area contributed by atoms with Crippen molar-refractivity contribution in [2.75, 3.05) is 19.7 Å². The Morgan fingerprint density at radius 1 is 1.26 bits per heavy atom. The molecule has 0 amide bonds. The molecule has 0 radical (unpaired) electrons. The Balaban J connectivity index is 1.57. The van der Waals surface area contributed by atoms with Gasteiger partial charge >= 0.3 is 0 Å². The van der Waals surface area contributed by atoms with Gasteiger partial charge in [0.05, 0.1) is 12.7 Å². The Morgan fingerprint density at radius 2 is 2.09 bits per heavy atom. The molecule has 0 saturated carbocycles. The molecule has 0 unspecified atom stereocenters. The standard InChI is InChI=1S/C18H22FN3O/c1-2-18-20-10-15(11-21-18)12-22-6-7-23-17(13-22)9-14-4-3-5-16(19)8-14/h3-5,8,10-11,17H,2,6-7,9,12-13H2,1H3/t17-/m1/s1. The number of aryl methyl sites for hydroxylation is 1. The van der Waals surface area contributed by atoms with E-state index in [2.05, 4.69) is 14.9 Å². The first-order valence-corrected chi connectivity index (χ1v) is 8.11. The third-order valence-corrected chi connectivity index (χ3v) is 4.06. The van der Waals surface area contributed by atoms with Crippen molar-refractivity contribution in [3.05, 3.63) is 59.4 Å². The third kappa shape index (κ3) is 4.56. The molecule has 4 nitrogen and oxygen atoms in total. The molecule has 5 heteroatoms. The fourth-order valence-electron chi connectivity index (χ4n) is 2.88. The Hall–Kier alpha value is -1.85. The van der Waals surface area contributed by atoms with Crippen LogP contribution in [0.5, 0.6) is 0 Å². The van der Waals surface area contributed by atoms with Crippen molar-refractivity contribution in [1.82, 2.24) is 14.9 Å². The molecule has 1 saturated heterocycles. The van der Waals surface area contributed by atoms with Gasteiger partial charge in [-0.2, -0.15) is 0 Å². The van der Waals surface area contributed by atoms with Gasteiger partial charge in [-0.15, -0.1) is 0 Å². The minimum Gasteiger partial charge on any atom is -0.375 e. The SMILES string of the molecule is CCc1ncc(CN2CCO[C@H](Cc3cccc(F)c3)C2)cn1. The molecule has 0 spiro atoms. The molecule has 122 valence electrons. The number of benzene rings is 1. The van der Waals surface area contributed by atoms with Crippen molar-refractivity contribution >= 4 is 0 Å². The Kier molecular flexibility index (Phi) is 5.31. The number of ether oxygens (including phenoxy) is 1. The molecular weight excluding hydrogens is 293 g/mol. The van der Waals surface area contributed by atoms with Crippen molar-refractivity contribution in [2.24, 2.45) is 0 Å². The zero-order chi connectivity index (χ0) is 16.1. The number of aromatic nitrogens is 2. The maximum Gasteiger partial charge on any atom is 0.127 e. The van der Waals surface area contributed by atoms with E-state index < -0.39 is 0 Å². The van der Waals surface area contributed by atoms with Crippen LogP contribution in [0.3, 0.4) is 0 Å². The van der Waals surface area contributed by atoms with E-state index >= 15 is 0 Å². The molecular formula is C18H22FN3O. The topological polar surface area (TPSA) is 38.2 Å². The fourth-order valence-corrected chi connectivity index (χ4v) is 2.88. The summed E-state index contributed by atoms with van der Waals surface area (Å²) in [5, 5.41) is 0. The van der Waals surface area contributed by atoms with E-state index in [1.165, 1.54) is 6.07 Å². The summed E-state index contributed by atoms with van der Waals surface area (Å²) in [6, 6.07) is 6.75. The summed E-state index contributed by atoms with van der Waals surface area (Å²) < 4.78 is 19.1. The monoisotopic (exact) mass is 315 g/mol. The summed E-state index contributed by atoms with van der Waals surface area (Å²) in [5.41, 5.74) is 2.10. The second-order valence-corrected chi connectivity index (χ2v) is 5.92. The fraction of sp³-hybridized carbons (Fsp3) is 0.444. The second kappa shape index (κ2) is 7.62. The summed E-state index contributed by atoms with van der Waals surface area (Å²) in [7, 11) is 0. The number of nitrogens with zero attached hydrogens (tertiary/aromatic N) is 3. The second-order valence-electron chi connectivity index (χ2n) is 5.92. The van der Waals surface area contributed by atoms with E-state index in [1.807, 2.05) is 25.4 Å². The van der Waals surface area contributed by atoms with Crippen LogP contribution in [-0.2, 0) is 24.1 Å². The van der Waals surface area contributed by atoms with Gasteiger partial charge in [-0.05, 0) is 24.1 Å². The molecule has 1 aromatic carbocycles. The summed E-state index contributed by atoms with van der Waals surface area (Å²) in [6.45, 7) is 5.32. The minimum absolute atomic E-state index is 0.0985. The summed E-state index contributed by atoms with van der Waals surface area (Å²) in [4.78, 5) is 11.0. The molecule has 2 aromatic rings. The van der Waals surface area contributed by atoms with Gasteiger partial charge in [0.2, 0.25) is 0 Å². The van der Waals surface area contributed by atoms with E-state index in [-0.39, 0.29) is 11.9 Å². The number of rotatable bonds is 5. The lowest BCUT2D eigenvalue weighted by atomic mass is 10.1. The first kappa shape index (κ1) is 16.0. The van der Waals surface area contributed by atoms with Crippen LogP contribution in [-0.4, -0.2) is 40.7 Å². The molecule has 1 aliphatic rings. The highest BCUT2D eigenvalue weighted by Gasteiger charge is 2.21. The molecule has 23 heavy (non-hydrogen) atoms. The van der Waals surface area contributed by atoms with Crippen LogP contribution in [0, 0.1) is 5.82 Å². The van der Waals surface area contributed by atoms with Gasteiger partial charge in [0.25, 0.3) is 0 Å². The van der Waals surface area contributed by atoms with Gasteiger partial charge in [0.15, 0.2) is 0 Å². The van der Waals surface area contributed by atoms with Crippen LogP contribution in [0.4, 0.5) is 4.39 Å². The zero-order valence-corrected chi connectivity index (χ0v) is 13.4. The lowest BCUT2D eigenvalue weighted by Gasteiger charge is -2.33. The summed E-state index contributed by atoms with van der Waals surface area (Å²) in [5.74, 6) is 0.683. The lowest BCUT2D eigenvalue weighted by molar-refractivity contribution is -0.0305. The van der Waals surface area contributed by atoms with E-state index in [4.69, 9.17) is 4.74 Å². The zero-order valence-electron chi connectivity index (χ0n) is 13.4. The highest BCUT2D eigenvalue weighted by molar-refractivity contribution is 5.17. The van der Waals surface area contributed by atoms with E-state index in [0.29, 0.717) is 6.61 Å². The first-order valence-electron chi connectivity index (χ1n) is 8.11. The molecule has 0 bridgehead atoms. The Morgan fingerprint density at radius 3 is 2.83 bits per heavy atom. The van der Waals surface area contributed by atoms with Gasteiger partial charge in [-0.1, -0.05) is 19.1 Å². The molecule has 2 heterocycles. The largest absolute Gasteiger partial charge is 0.375 e. The molecule has 1 aromatic heterocycles. The lowest BCUT2D eigenvalue weighted by Crippen LogP contribution is -2.42. The number of hydrogen-bond acceptors (Lipinski definition) is 4. The normalized spacial score (nSPS) is 19.0. The summed E-state index contributed by atoms with van der Waals surface area (Å²) >= 11 is 0. The predicted molar refractivity (Wildman–Crippen MR) is 86.5 cm³/mol. The average Bonchev–Trinajstić information content (AvgIpc) is 2.56. The van der Waals surface area contributed by atoms with Crippen LogP contribution in [0.2, 0.25) is 0 Å². The number of hydrogen-bond donors (Lipinski definition) is 0. The first-order chi connectivity index (χ1) is 11.2. The highest BCUT2D eigenvalue weighted by Crippen LogP contribution is 2.14. The van der Waals surface area contributed by atoms with Crippen LogP contribution >= 0.6 is 0 Å². The van der Waals surface area contributed by atoms with Crippen molar-refractivity contribution < 1.29 is 9.13 Å². The molecule has 3 rings (SSSR count). The van der Waals surface area contributed by atoms with Gasteiger partial charge in [-0.3, -0.25) is 4.90 Å². The maximum atomic E-state index is 13.3. The third-order valence-electron chi connectivity index (χ3n) is 4.06. The van der Waals surface area contributed by atoms with E-state index in [0.717, 1.165) is 49.4 Å². The van der Waals surface area contributed by atoms with Gasteiger partial charge < -0.3 is 4.74 Å². The molecule has 0 N–H and O–H groups in total. The van der Waals surface area contributed by atoms with Crippen molar-refractivity contribution in [2.45, 2.75) is 32.4 Å². The Bertz CT molecular complexity index is 632. The van der Waals surface area contributed by atoms with Crippen molar-refractivity contribution in [3.63, 3.8) is 0 Å². The van der Waals surface area contributed by atoms with Gasteiger partial charge in [0.1, 0.15) is 11.6 Å². The predicted octanol–water partition coefficient (Wildman–Crippen LogP) is 2.62. The van der Waals surface area contributed by atoms with E-state index in [9.17, 15) is 4.39 Å². The van der Waals surface area contributed by atoms with Gasteiger partial charge in [-0.25, -0.2) is 14.4 Å². The molecule has 1 aliphatic heterocycles. The maximum absolute atomic E-state index is 13.3. The van der Waals surface area contributed by atoms with Gasteiger partial charge in [0, 0.05) is 44.0 Å². The molecule has 1 fully saturated rings.